The number of rotatable bonds is 13. The zero-order chi connectivity index (χ0) is 23.6. The van der Waals surface area contributed by atoms with Crippen molar-refractivity contribution in [3.05, 3.63) is 74.8 Å². The molecular weight excluding hydrogens is 432 g/mol. The molecule has 3 aromatic rings. The lowest BCUT2D eigenvalue weighted by Crippen LogP contribution is -2.36. The standard InChI is InChI=1S/C26H32N4O4/c31-25-23(24(26(25)32)29-21-6-5-11-27-18-21)28-12-3-1-2-4-15-34-22-9-7-20(8-10-22)19-30-13-16-33-17-14-30/h5-11,18,28-29H,1-4,12-17,19H2. The number of ether oxygens (including phenoxy) is 2. The molecule has 1 fully saturated rings. The second kappa shape index (κ2) is 12.3. The van der Waals surface area contributed by atoms with Crippen LogP contribution in [-0.4, -0.2) is 49.3 Å². The van der Waals surface area contributed by atoms with E-state index in [1.807, 2.05) is 12.1 Å². The SMILES string of the molecule is O=c1c(NCCCCCCOc2ccc(CN3CCOCC3)cc2)c(Nc2cccnc2)c1=O. The van der Waals surface area contributed by atoms with Gasteiger partial charge in [-0.1, -0.05) is 25.0 Å². The molecule has 34 heavy (non-hydrogen) atoms. The second-order valence-electron chi connectivity index (χ2n) is 8.50. The van der Waals surface area contributed by atoms with Crippen molar-refractivity contribution in [3.8, 4) is 5.75 Å². The number of nitrogens with zero attached hydrogens (tertiary/aromatic N) is 2. The Balaban J connectivity index is 1.08. The van der Waals surface area contributed by atoms with Gasteiger partial charge >= 0.3 is 0 Å². The van der Waals surface area contributed by atoms with Crippen LogP contribution in [0.4, 0.5) is 17.1 Å². The first-order valence-corrected chi connectivity index (χ1v) is 12.0. The quantitative estimate of drug-likeness (QED) is 0.294. The summed E-state index contributed by atoms with van der Waals surface area (Å²) in [5, 5.41) is 6.08. The molecule has 0 radical (unpaired) electrons. The molecule has 1 aliphatic heterocycles. The molecule has 0 bridgehead atoms. The number of anilines is 3. The van der Waals surface area contributed by atoms with E-state index in [-0.39, 0.29) is 0 Å². The molecule has 1 aromatic heterocycles. The van der Waals surface area contributed by atoms with Crippen LogP contribution in [0.15, 0.2) is 58.4 Å². The van der Waals surface area contributed by atoms with Gasteiger partial charge in [-0.25, -0.2) is 0 Å². The molecule has 2 heterocycles. The Morgan fingerprint density at radius 3 is 2.47 bits per heavy atom. The summed E-state index contributed by atoms with van der Waals surface area (Å²) >= 11 is 0. The molecule has 4 rings (SSSR count). The topological polar surface area (TPSA) is 92.8 Å². The number of morpholine rings is 1. The summed E-state index contributed by atoms with van der Waals surface area (Å²) in [4.78, 5) is 30.1. The maximum absolute atomic E-state index is 11.9. The van der Waals surface area contributed by atoms with E-state index in [0.717, 1.165) is 64.3 Å². The first-order valence-electron chi connectivity index (χ1n) is 12.0. The minimum Gasteiger partial charge on any atom is -0.494 e. The Morgan fingerprint density at radius 1 is 0.941 bits per heavy atom. The zero-order valence-electron chi connectivity index (χ0n) is 19.4. The van der Waals surface area contributed by atoms with Crippen molar-refractivity contribution in [3.63, 3.8) is 0 Å². The summed E-state index contributed by atoms with van der Waals surface area (Å²) in [7, 11) is 0. The lowest BCUT2D eigenvalue weighted by molar-refractivity contribution is 0.0342. The molecule has 8 nitrogen and oxygen atoms in total. The van der Waals surface area contributed by atoms with Gasteiger partial charge in [0, 0.05) is 32.4 Å². The fourth-order valence-corrected chi connectivity index (χ4v) is 3.95. The average molecular weight is 465 g/mol. The van der Waals surface area contributed by atoms with E-state index in [2.05, 4.69) is 32.7 Å². The lowest BCUT2D eigenvalue weighted by atomic mass is 10.1. The third-order valence-corrected chi connectivity index (χ3v) is 5.92. The number of aromatic nitrogens is 1. The van der Waals surface area contributed by atoms with Crippen LogP contribution in [0.5, 0.6) is 5.75 Å². The first-order chi connectivity index (χ1) is 16.7. The zero-order valence-corrected chi connectivity index (χ0v) is 19.4. The molecule has 2 aromatic carbocycles. The predicted molar refractivity (Wildman–Crippen MR) is 134 cm³/mol. The van der Waals surface area contributed by atoms with Gasteiger partial charge in [0.2, 0.25) is 0 Å². The smallest absolute Gasteiger partial charge is 0.253 e. The van der Waals surface area contributed by atoms with Crippen molar-refractivity contribution in [1.82, 2.24) is 9.88 Å². The van der Waals surface area contributed by atoms with E-state index in [1.165, 1.54) is 5.56 Å². The van der Waals surface area contributed by atoms with Crippen LogP contribution in [0.2, 0.25) is 0 Å². The van der Waals surface area contributed by atoms with Gasteiger partial charge in [-0.3, -0.25) is 19.5 Å². The molecular formula is C26H32N4O4. The van der Waals surface area contributed by atoms with Crippen LogP contribution in [-0.2, 0) is 11.3 Å². The summed E-state index contributed by atoms with van der Waals surface area (Å²) in [6, 6.07) is 11.9. The van der Waals surface area contributed by atoms with Crippen LogP contribution in [0.1, 0.15) is 31.2 Å². The molecule has 1 aliphatic rings. The van der Waals surface area contributed by atoms with Crippen molar-refractivity contribution < 1.29 is 9.47 Å². The Morgan fingerprint density at radius 2 is 1.71 bits per heavy atom. The van der Waals surface area contributed by atoms with Gasteiger partial charge in [-0.15, -0.1) is 0 Å². The number of unbranched alkanes of at least 4 members (excludes halogenated alkanes) is 3. The van der Waals surface area contributed by atoms with Gasteiger partial charge in [0.05, 0.1) is 31.7 Å². The molecule has 0 atom stereocenters. The highest BCUT2D eigenvalue weighted by molar-refractivity contribution is 5.78. The van der Waals surface area contributed by atoms with Crippen LogP contribution >= 0.6 is 0 Å². The van der Waals surface area contributed by atoms with Crippen LogP contribution in [0, 0.1) is 0 Å². The van der Waals surface area contributed by atoms with Crippen LogP contribution < -0.4 is 26.2 Å². The molecule has 0 amide bonds. The van der Waals surface area contributed by atoms with E-state index >= 15 is 0 Å². The summed E-state index contributed by atoms with van der Waals surface area (Å²) in [6.45, 7) is 5.90. The highest BCUT2D eigenvalue weighted by Crippen LogP contribution is 2.20. The van der Waals surface area contributed by atoms with E-state index in [1.54, 1.807) is 24.5 Å². The highest BCUT2D eigenvalue weighted by atomic mass is 16.5. The van der Waals surface area contributed by atoms with Crippen molar-refractivity contribution in [2.24, 2.45) is 0 Å². The van der Waals surface area contributed by atoms with Gasteiger partial charge in [0.25, 0.3) is 10.9 Å². The fraction of sp³-hybridized carbons (Fsp3) is 0.423. The third-order valence-electron chi connectivity index (χ3n) is 5.92. The summed E-state index contributed by atoms with van der Waals surface area (Å²) < 4.78 is 11.3. The van der Waals surface area contributed by atoms with Gasteiger partial charge < -0.3 is 20.1 Å². The highest BCUT2D eigenvalue weighted by Gasteiger charge is 2.20. The van der Waals surface area contributed by atoms with Crippen molar-refractivity contribution >= 4 is 17.1 Å². The predicted octanol–water partition coefficient (Wildman–Crippen LogP) is 3.30. The monoisotopic (exact) mass is 464 g/mol. The van der Waals surface area contributed by atoms with Gasteiger partial charge in [-0.05, 0) is 42.7 Å². The molecule has 180 valence electrons. The fourth-order valence-electron chi connectivity index (χ4n) is 3.95. The third kappa shape index (κ3) is 6.65. The van der Waals surface area contributed by atoms with Crippen LogP contribution in [0.3, 0.4) is 0 Å². The minimum absolute atomic E-state index is 0.322. The maximum Gasteiger partial charge on any atom is 0.253 e. The van der Waals surface area contributed by atoms with E-state index in [0.29, 0.717) is 30.2 Å². The molecule has 8 heteroatoms. The molecule has 0 saturated carbocycles. The summed E-state index contributed by atoms with van der Waals surface area (Å²) in [6.07, 6.45) is 7.23. The number of benzene rings is 1. The number of hydrogen-bond acceptors (Lipinski definition) is 8. The van der Waals surface area contributed by atoms with Crippen molar-refractivity contribution in [2.45, 2.75) is 32.2 Å². The first kappa shape index (κ1) is 23.9. The molecule has 0 spiro atoms. The average Bonchev–Trinajstić information content (AvgIpc) is 2.88. The Hall–Kier alpha value is -3.23. The molecule has 0 unspecified atom stereocenters. The second-order valence-corrected chi connectivity index (χ2v) is 8.50. The molecule has 1 saturated heterocycles. The minimum atomic E-state index is -0.488. The Kier molecular flexibility index (Phi) is 8.65. The Labute approximate surface area is 199 Å². The summed E-state index contributed by atoms with van der Waals surface area (Å²) in [5.74, 6) is 0.904. The van der Waals surface area contributed by atoms with Crippen LogP contribution in [0.25, 0.3) is 0 Å². The molecule has 0 aliphatic carbocycles. The number of nitrogens with one attached hydrogen (secondary N) is 2. The number of hydrogen-bond donors (Lipinski definition) is 2. The van der Waals surface area contributed by atoms with Gasteiger partial charge in [0.15, 0.2) is 0 Å². The largest absolute Gasteiger partial charge is 0.494 e. The maximum atomic E-state index is 11.9. The van der Waals surface area contributed by atoms with E-state index < -0.39 is 10.9 Å². The lowest BCUT2D eigenvalue weighted by Gasteiger charge is -2.26. The van der Waals surface area contributed by atoms with E-state index in [4.69, 9.17) is 9.47 Å². The van der Waals surface area contributed by atoms with E-state index in [9.17, 15) is 9.59 Å². The molecule has 2 N–H and O–H groups in total. The van der Waals surface area contributed by atoms with Gasteiger partial charge in [-0.2, -0.15) is 0 Å². The van der Waals surface area contributed by atoms with Crippen molar-refractivity contribution in [2.75, 3.05) is 50.1 Å². The number of pyridine rings is 1. The Bertz CT molecular complexity index is 1090. The van der Waals surface area contributed by atoms with Crippen molar-refractivity contribution in [1.29, 1.82) is 0 Å². The summed E-state index contributed by atoms with van der Waals surface area (Å²) in [5.41, 5.74) is 1.72. The normalized spacial score (nSPS) is 14.2. The van der Waals surface area contributed by atoms with Gasteiger partial charge in [0.1, 0.15) is 17.1 Å².